The molecule has 116 valence electrons. The Morgan fingerprint density at radius 3 is 2.90 bits per heavy atom. The molecule has 4 nitrogen and oxygen atoms in total. The summed E-state index contributed by atoms with van der Waals surface area (Å²) in [4.78, 5) is 12.6. The number of nitrogens with one attached hydrogen (secondary N) is 2. The van der Waals surface area contributed by atoms with Gasteiger partial charge in [0, 0.05) is 12.5 Å². The Kier molecular flexibility index (Phi) is 5.17. The number of ether oxygens (including phenoxy) is 1. The van der Waals surface area contributed by atoms with E-state index < -0.39 is 5.54 Å². The Hall–Kier alpha value is -1.62. The first-order valence-corrected chi connectivity index (χ1v) is 7.54. The largest absolute Gasteiger partial charge is 0.464 e. The molecule has 2 unspecified atom stereocenters. The molecule has 2 rings (SSSR count). The van der Waals surface area contributed by atoms with Crippen molar-refractivity contribution in [1.29, 1.82) is 0 Å². The third-order valence-corrected chi connectivity index (χ3v) is 4.15. The van der Waals surface area contributed by atoms with Crippen LogP contribution in [0.25, 0.3) is 0 Å². The van der Waals surface area contributed by atoms with Crippen LogP contribution in [0.3, 0.4) is 0 Å². The summed E-state index contributed by atoms with van der Waals surface area (Å²) in [5.74, 6) is -0.582. The molecule has 1 aliphatic heterocycles. The van der Waals surface area contributed by atoms with Crippen LogP contribution in [-0.2, 0) is 9.53 Å². The zero-order valence-corrected chi connectivity index (χ0v) is 12.6. The number of halogens is 1. The number of carbonyl (C=O) groups excluding carboxylic acids is 1. The summed E-state index contributed by atoms with van der Waals surface area (Å²) < 4.78 is 19.2. The number of esters is 1. The van der Waals surface area contributed by atoms with Crippen molar-refractivity contribution in [3.8, 4) is 0 Å². The molecule has 21 heavy (non-hydrogen) atoms. The summed E-state index contributed by atoms with van der Waals surface area (Å²) >= 11 is 0. The van der Waals surface area contributed by atoms with Gasteiger partial charge in [0.25, 0.3) is 0 Å². The zero-order valence-electron chi connectivity index (χ0n) is 12.6. The average molecular weight is 294 g/mol. The summed E-state index contributed by atoms with van der Waals surface area (Å²) in [5.41, 5.74) is -0.510. The van der Waals surface area contributed by atoms with Crippen molar-refractivity contribution in [2.45, 2.75) is 32.2 Å². The molecule has 0 amide bonds. The van der Waals surface area contributed by atoms with Crippen LogP contribution in [0.4, 0.5) is 10.1 Å². The molecule has 5 heteroatoms. The topological polar surface area (TPSA) is 50.4 Å². The van der Waals surface area contributed by atoms with E-state index in [4.69, 9.17) is 4.74 Å². The highest BCUT2D eigenvalue weighted by Crippen LogP contribution is 2.33. The molecule has 0 radical (unpaired) electrons. The molecular formula is C16H23FN2O2. The van der Waals surface area contributed by atoms with Crippen molar-refractivity contribution in [1.82, 2.24) is 5.32 Å². The number of rotatable bonds is 5. The second-order valence-electron chi connectivity index (χ2n) is 5.36. The van der Waals surface area contributed by atoms with E-state index in [2.05, 4.69) is 10.6 Å². The Labute approximate surface area is 125 Å². The molecule has 1 aromatic carbocycles. The van der Waals surface area contributed by atoms with E-state index in [1.54, 1.807) is 25.1 Å². The third-order valence-electron chi connectivity index (χ3n) is 4.15. The number of piperidine rings is 1. The molecule has 1 aromatic rings. The van der Waals surface area contributed by atoms with E-state index in [1.807, 2.05) is 6.92 Å². The summed E-state index contributed by atoms with van der Waals surface area (Å²) in [6.45, 7) is 5.57. The van der Waals surface area contributed by atoms with Gasteiger partial charge in [0.05, 0.1) is 12.3 Å². The van der Waals surface area contributed by atoms with E-state index in [-0.39, 0.29) is 17.7 Å². The van der Waals surface area contributed by atoms with Crippen LogP contribution in [0.2, 0.25) is 0 Å². The quantitative estimate of drug-likeness (QED) is 0.820. The fraction of sp³-hybridized carbons (Fsp3) is 0.562. The first kappa shape index (κ1) is 15.8. The lowest BCUT2D eigenvalue weighted by Crippen LogP contribution is -2.60. The summed E-state index contributed by atoms with van der Waals surface area (Å²) in [5, 5.41) is 6.46. The lowest BCUT2D eigenvalue weighted by atomic mass is 9.76. The van der Waals surface area contributed by atoms with Crippen molar-refractivity contribution in [2.75, 3.05) is 25.0 Å². The lowest BCUT2D eigenvalue weighted by Gasteiger charge is -2.43. The molecule has 0 aromatic heterocycles. The predicted molar refractivity (Wildman–Crippen MR) is 80.7 cm³/mol. The minimum atomic E-state index is -0.863. The van der Waals surface area contributed by atoms with Crippen LogP contribution in [0.5, 0.6) is 0 Å². The Morgan fingerprint density at radius 2 is 2.24 bits per heavy atom. The van der Waals surface area contributed by atoms with E-state index >= 15 is 0 Å². The van der Waals surface area contributed by atoms with Crippen LogP contribution in [0.1, 0.15) is 26.7 Å². The van der Waals surface area contributed by atoms with Gasteiger partial charge in [-0.25, -0.2) is 9.18 Å². The summed E-state index contributed by atoms with van der Waals surface area (Å²) in [6.07, 6.45) is 1.39. The number of para-hydroxylation sites is 1. The van der Waals surface area contributed by atoms with Gasteiger partial charge in [0.1, 0.15) is 11.4 Å². The van der Waals surface area contributed by atoms with Crippen LogP contribution < -0.4 is 10.6 Å². The molecule has 1 aliphatic rings. The van der Waals surface area contributed by atoms with Gasteiger partial charge in [-0.05, 0) is 38.4 Å². The number of anilines is 1. The standard InChI is InChI=1S/C16H23FN2O2/c1-3-12-11-18-10-9-16(12,15(20)21-4-2)19-14-8-6-5-7-13(14)17/h5-8,12,18-19H,3-4,9-11H2,1-2H3. The van der Waals surface area contributed by atoms with Crippen molar-refractivity contribution in [3.05, 3.63) is 30.1 Å². The molecule has 2 N–H and O–H groups in total. The highest BCUT2D eigenvalue weighted by Gasteiger charge is 2.48. The summed E-state index contributed by atoms with van der Waals surface area (Å²) in [6, 6.07) is 6.44. The Bertz CT molecular complexity index is 495. The Morgan fingerprint density at radius 1 is 1.48 bits per heavy atom. The number of benzene rings is 1. The van der Waals surface area contributed by atoms with Gasteiger partial charge in [-0.1, -0.05) is 19.1 Å². The zero-order chi connectivity index (χ0) is 15.3. The van der Waals surface area contributed by atoms with Gasteiger partial charge < -0.3 is 15.4 Å². The van der Waals surface area contributed by atoms with Crippen LogP contribution in [0.15, 0.2) is 24.3 Å². The maximum Gasteiger partial charge on any atom is 0.332 e. The molecule has 1 fully saturated rings. The van der Waals surface area contributed by atoms with E-state index in [0.29, 0.717) is 25.3 Å². The van der Waals surface area contributed by atoms with E-state index in [1.165, 1.54) is 6.07 Å². The van der Waals surface area contributed by atoms with Crippen LogP contribution >= 0.6 is 0 Å². The maximum atomic E-state index is 14.0. The van der Waals surface area contributed by atoms with Crippen molar-refractivity contribution >= 4 is 11.7 Å². The van der Waals surface area contributed by atoms with E-state index in [9.17, 15) is 9.18 Å². The fourth-order valence-electron chi connectivity index (χ4n) is 2.98. The van der Waals surface area contributed by atoms with Gasteiger partial charge in [-0.15, -0.1) is 0 Å². The van der Waals surface area contributed by atoms with E-state index in [0.717, 1.165) is 13.0 Å². The first-order chi connectivity index (χ1) is 10.1. The lowest BCUT2D eigenvalue weighted by molar-refractivity contribution is -0.151. The minimum Gasteiger partial charge on any atom is -0.464 e. The normalized spacial score (nSPS) is 25.4. The molecule has 1 heterocycles. The smallest absolute Gasteiger partial charge is 0.332 e. The van der Waals surface area contributed by atoms with Crippen molar-refractivity contribution in [2.24, 2.45) is 5.92 Å². The molecule has 2 atom stereocenters. The minimum absolute atomic E-state index is 0.0601. The Balaban J connectivity index is 2.35. The monoisotopic (exact) mass is 294 g/mol. The van der Waals surface area contributed by atoms with Gasteiger partial charge in [0.15, 0.2) is 0 Å². The van der Waals surface area contributed by atoms with Gasteiger partial charge in [-0.3, -0.25) is 0 Å². The highest BCUT2D eigenvalue weighted by atomic mass is 19.1. The highest BCUT2D eigenvalue weighted by molar-refractivity contribution is 5.85. The van der Waals surface area contributed by atoms with Gasteiger partial charge in [-0.2, -0.15) is 0 Å². The van der Waals surface area contributed by atoms with Crippen LogP contribution in [-0.4, -0.2) is 31.2 Å². The van der Waals surface area contributed by atoms with Crippen LogP contribution in [0, 0.1) is 11.7 Å². The molecule has 0 spiro atoms. The molecule has 0 aliphatic carbocycles. The predicted octanol–water partition coefficient (Wildman–Crippen LogP) is 2.56. The van der Waals surface area contributed by atoms with Crippen molar-refractivity contribution < 1.29 is 13.9 Å². The van der Waals surface area contributed by atoms with Gasteiger partial charge in [0.2, 0.25) is 0 Å². The third kappa shape index (κ3) is 3.18. The maximum absolute atomic E-state index is 14.0. The van der Waals surface area contributed by atoms with Gasteiger partial charge >= 0.3 is 5.97 Å². The SMILES string of the molecule is CCOC(=O)C1(Nc2ccccc2F)CCNCC1CC. The summed E-state index contributed by atoms with van der Waals surface area (Å²) in [7, 11) is 0. The second kappa shape index (κ2) is 6.89. The average Bonchev–Trinajstić information content (AvgIpc) is 2.50. The molecule has 0 saturated carbocycles. The first-order valence-electron chi connectivity index (χ1n) is 7.54. The molecule has 1 saturated heterocycles. The fourth-order valence-corrected chi connectivity index (χ4v) is 2.98. The molecular weight excluding hydrogens is 271 g/mol. The van der Waals surface area contributed by atoms with Crippen molar-refractivity contribution in [3.63, 3.8) is 0 Å². The molecule has 0 bridgehead atoms. The number of hydrogen-bond donors (Lipinski definition) is 2. The second-order valence-corrected chi connectivity index (χ2v) is 5.36. The number of carbonyl (C=O) groups is 1. The number of hydrogen-bond acceptors (Lipinski definition) is 4.